The van der Waals surface area contributed by atoms with Gasteiger partial charge in [0.2, 0.25) is 0 Å². The standard InChI is InChI=1S/C32H44O4/c1-23(2)10-12-25-14-18-28(19-15-25)31(33)35-22-30(27-8-6-5-7-9-27)36-32(34)29-20-16-26(17-21-29)13-11-24(3)4/h14-21,23-24,27,30H,5-13,22H2,1-4H3. The maximum atomic E-state index is 13.0. The molecule has 1 atom stereocenters. The van der Waals surface area contributed by atoms with E-state index < -0.39 is 6.10 Å². The Morgan fingerprint density at radius 1 is 0.722 bits per heavy atom. The number of aryl methyl sites for hydroxylation is 2. The molecule has 36 heavy (non-hydrogen) atoms. The summed E-state index contributed by atoms with van der Waals surface area (Å²) in [6.07, 6.45) is 9.27. The Morgan fingerprint density at radius 3 is 1.67 bits per heavy atom. The summed E-state index contributed by atoms with van der Waals surface area (Å²) in [6, 6.07) is 15.4. The molecule has 1 unspecified atom stereocenters. The number of carbonyl (C=O) groups excluding carboxylic acids is 2. The second-order valence-electron chi connectivity index (χ2n) is 11.2. The van der Waals surface area contributed by atoms with E-state index in [0.717, 1.165) is 51.4 Å². The van der Waals surface area contributed by atoms with E-state index in [1.165, 1.54) is 17.5 Å². The summed E-state index contributed by atoms with van der Waals surface area (Å²) >= 11 is 0. The minimum atomic E-state index is -0.423. The predicted octanol–water partition coefficient (Wildman–Crippen LogP) is 7.83. The fraction of sp³-hybridized carbons (Fsp3) is 0.562. The van der Waals surface area contributed by atoms with E-state index in [1.807, 2.05) is 48.5 Å². The molecular formula is C32H44O4. The van der Waals surface area contributed by atoms with Crippen LogP contribution in [0.1, 0.15) is 104 Å². The molecule has 196 valence electrons. The molecule has 0 heterocycles. The summed E-state index contributed by atoms with van der Waals surface area (Å²) in [5.41, 5.74) is 3.54. The van der Waals surface area contributed by atoms with E-state index in [2.05, 4.69) is 27.7 Å². The number of rotatable bonds is 12. The Hall–Kier alpha value is -2.62. The van der Waals surface area contributed by atoms with Gasteiger partial charge in [-0.1, -0.05) is 71.2 Å². The topological polar surface area (TPSA) is 52.6 Å². The van der Waals surface area contributed by atoms with E-state index in [4.69, 9.17) is 9.47 Å². The fourth-order valence-corrected chi connectivity index (χ4v) is 4.74. The average molecular weight is 493 g/mol. The van der Waals surface area contributed by atoms with Crippen molar-refractivity contribution in [1.82, 2.24) is 0 Å². The smallest absolute Gasteiger partial charge is 0.338 e. The van der Waals surface area contributed by atoms with E-state index >= 15 is 0 Å². The van der Waals surface area contributed by atoms with Crippen LogP contribution in [0.3, 0.4) is 0 Å². The van der Waals surface area contributed by atoms with Crippen LogP contribution in [0.5, 0.6) is 0 Å². The highest BCUT2D eigenvalue weighted by atomic mass is 16.6. The molecular weight excluding hydrogens is 448 g/mol. The van der Waals surface area contributed by atoms with Gasteiger partial charge in [0.1, 0.15) is 12.7 Å². The van der Waals surface area contributed by atoms with Crippen molar-refractivity contribution >= 4 is 11.9 Å². The van der Waals surface area contributed by atoms with Crippen molar-refractivity contribution in [2.45, 2.75) is 91.6 Å². The molecule has 1 saturated carbocycles. The van der Waals surface area contributed by atoms with Crippen molar-refractivity contribution in [3.8, 4) is 0 Å². The van der Waals surface area contributed by atoms with Crippen molar-refractivity contribution in [3.05, 3.63) is 70.8 Å². The molecule has 4 heteroatoms. The third-order valence-electron chi connectivity index (χ3n) is 7.21. The van der Waals surface area contributed by atoms with Crippen molar-refractivity contribution in [3.63, 3.8) is 0 Å². The highest BCUT2D eigenvalue weighted by Gasteiger charge is 2.29. The third-order valence-corrected chi connectivity index (χ3v) is 7.21. The summed E-state index contributed by atoms with van der Waals surface area (Å²) in [4.78, 5) is 25.7. The van der Waals surface area contributed by atoms with Gasteiger partial charge in [-0.05, 0) is 91.7 Å². The van der Waals surface area contributed by atoms with Gasteiger partial charge in [-0.25, -0.2) is 9.59 Å². The second kappa shape index (κ2) is 14.2. The Bertz CT molecular complexity index is 937. The van der Waals surface area contributed by atoms with Gasteiger partial charge in [-0.15, -0.1) is 0 Å². The van der Waals surface area contributed by atoms with Gasteiger partial charge in [0.25, 0.3) is 0 Å². The van der Waals surface area contributed by atoms with Crippen molar-refractivity contribution in [2.75, 3.05) is 6.61 Å². The highest BCUT2D eigenvalue weighted by molar-refractivity contribution is 5.90. The van der Waals surface area contributed by atoms with Crippen LogP contribution in [0.2, 0.25) is 0 Å². The third kappa shape index (κ3) is 9.11. The molecule has 0 spiro atoms. The lowest BCUT2D eigenvalue weighted by atomic mass is 9.85. The Morgan fingerprint density at radius 2 is 1.19 bits per heavy atom. The molecule has 0 aromatic heterocycles. The van der Waals surface area contributed by atoms with Crippen LogP contribution >= 0.6 is 0 Å². The second-order valence-corrected chi connectivity index (χ2v) is 11.2. The minimum absolute atomic E-state index is 0.0941. The van der Waals surface area contributed by atoms with Crippen LogP contribution in [0.25, 0.3) is 0 Å². The number of esters is 2. The number of benzene rings is 2. The maximum absolute atomic E-state index is 13.0. The minimum Gasteiger partial charge on any atom is -0.458 e. The van der Waals surface area contributed by atoms with Crippen LogP contribution in [-0.2, 0) is 22.3 Å². The first-order valence-corrected chi connectivity index (χ1v) is 13.9. The summed E-state index contributed by atoms with van der Waals surface area (Å²) in [6.45, 7) is 8.95. The number of hydrogen-bond acceptors (Lipinski definition) is 4. The van der Waals surface area contributed by atoms with Crippen molar-refractivity contribution in [2.24, 2.45) is 17.8 Å². The molecule has 2 aromatic rings. The van der Waals surface area contributed by atoms with Crippen LogP contribution in [0.4, 0.5) is 0 Å². The van der Waals surface area contributed by atoms with Crippen LogP contribution in [-0.4, -0.2) is 24.6 Å². The van der Waals surface area contributed by atoms with Gasteiger partial charge in [0.15, 0.2) is 0 Å². The van der Waals surface area contributed by atoms with E-state index in [0.29, 0.717) is 23.0 Å². The first-order valence-electron chi connectivity index (χ1n) is 13.9. The molecule has 0 radical (unpaired) electrons. The molecule has 0 bridgehead atoms. The largest absolute Gasteiger partial charge is 0.458 e. The Labute approximate surface area is 217 Å². The zero-order valence-electron chi connectivity index (χ0n) is 22.6. The fourth-order valence-electron chi connectivity index (χ4n) is 4.74. The summed E-state index contributed by atoms with van der Waals surface area (Å²) in [5, 5.41) is 0. The number of carbonyl (C=O) groups is 2. The zero-order chi connectivity index (χ0) is 25.9. The molecule has 0 aliphatic heterocycles. The first kappa shape index (κ1) is 28.0. The number of hydrogen-bond donors (Lipinski definition) is 0. The van der Waals surface area contributed by atoms with E-state index in [9.17, 15) is 9.59 Å². The summed E-state index contributed by atoms with van der Waals surface area (Å²) in [5.74, 6) is 0.816. The normalized spacial score (nSPS) is 15.2. The highest BCUT2D eigenvalue weighted by Crippen LogP contribution is 2.29. The van der Waals surface area contributed by atoms with Crippen LogP contribution in [0, 0.1) is 17.8 Å². The molecule has 2 aromatic carbocycles. The number of ether oxygens (including phenoxy) is 2. The molecule has 0 amide bonds. The lowest BCUT2D eigenvalue weighted by Gasteiger charge is -2.29. The summed E-state index contributed by atoms with van der Waals surface area (Å²) < 4.78 is 11.6. The Kier molecular flexibility index (Phi) is 11.0. The molecule has 1 fully saturated rings. The maximum Gasteiger partial charge on any atom is 0.338 e. The van der Waals surface area contributed by atoms with E-state index in [-0.39, 0.29) is 24.5 Å². The van der Waals surface area contributed by atoms with Gasteiger partial charge in [-0.3, -0.25) is 0 Å². The van der Waals surface area contributed by atoms with Crippen LogP contribution < -0.4 is 0 Å². The SMILES string of the molecule is CC(C)CCc1ccc(C(=O)OCC(OC(=O)c2ccc(CCC(C)C)cc2)C2CCCCC2)cc1. The quantitative estimate of drug-likeness (QED) is 0.283. The lowest BCUT2D eigenvalue weighted by Crippen LogP contribution is -2.33. The van der Waals surface area contributed by atoms with Gasteiger partial charge >= 0.3 is 11.9 Å². The van der Waals surface area contributed by atoms with Gasteiger partial charge in [0.05, 0.1) is 11.1 Å². The lowest BCUT2D eigenvalue weighted by molar-refractivity contribution is -0.0247. The monoisotopic (exact) mass is 492 g/mol. The van der Waals surface area contributed by atoms with E-state index in [1.54, 1.807) is 0 Å². The van der Waals surface area contributed by atoms with Crippen molar-refractivity contribution in [1.29, 1.82) is 0 Å². The molecule has 3 rings (SSSR count). The van der Waals surface area contributed by atoms with Gasteiger partial charge in [-0.2, -0.15) is 0 Å². The molecule has 0 N–H and O–H groups in total. The Balaban J connectivity index is 1.59. The molecule has 1 aliphatic carbocycles. The van der Waals surface area contributed by atoms with Crippen LogP contribution in [0.15, 0.2) is 48.5 Å². The zero-order valence-corrected chi connectivity index (χ0v) is 22.6. The van der Waals surface area contributed by atoms with Crippen molar-refractivity contribution < 1.29 is 19.1 Å². The predicted molar refractivity (Wildman–Crippen MR) is 145 cm³/mol. The first-order chi connectivity index (χ1) is 17.3. The molecule has 1 aliphatic rings. The average Bonchev–Trinajstić information content (AvgIpc) is 2.89. The molecule has 4 nitrogen and oxygen atoms in total. The molecule has 0 saturated heterocycles. The van der Waals surface area contributed by atoms with Gasteiger partial charge in [0, 0.05) is 0 Å². The summed E-state index contributed by atoms with van der Waals surface area (Å²) in [7, 11) is 0. The van der Waals surface area contributed by atoms with Gasteiger partial charge < -0.3 is 9.47 Å².